The summed E-state index contributed by atoms with van der Waals surface area (Å²) in [5, 5.41) is 13.1. The van der Waals surface area contributed by atoms with E-state index in [0.29, 0.717) is 0 Å². The van der Waals surface area contributed by atoms with Crippen LogP contribution < -0.4 is 11.1 Å². The predicted molar refractivity (Wildman–Crippen MR) is 72.6 cm³/mol. The van der Waals surface area contributed by atoms with Crippen molar-refractivity contribution in [3.8, 4) is 0 Å². The van der Waals surface area contributed by atoms with Gasteiger partial charge in [-0.05, 0) is 18.2 Å². The molecule has 3 N–H and O–H groups in total. The summed E-state index contributed by atoms with van der Waals surface area (Å²) in [7, 11) is 0. The summed E-state index contributed by atoms with van der Waals surface area (Å²) >= 11 is 2.93. The fraction of sp³-hybridized carbons (Fsp3) is 0. The van der Waals surface area contributed by atoms with Crippen molar-refractivity contribution in [1.29, 1.82) is 0 Å². The molecule has 20 heavy (non-hydrogen) atoms. The third-order valence-electron chi connectivity index (χ3n) is 2.34. The second kappa shape index (κ2) is 5.37. The molecule has 0 saturated carbocycles. The van der Waals surface area contributed by atoms with Crippen molar-refractivity contribution in [2.45, 2.75) is 0 Å². The second-order valence-electron chi connectivity index (χ2n) is 3.73. The Morgan fingerprint density at radius 1 is 1.30 bits per heavy atom. The monoisotopic (exact) mass is 344 g/mol. The van der Waals surface area contributed by atoms with Gasteiger partial charge in [-0.2, -0.15) is 0 Å². The van der Waals surface area contributed by atoms with Crippen LogP contribution in [0.25, 0.3) is 0 Å². The Balaban J connectivity index is 2.50. The summed E-state index contributed by atoms with van der Waals surface area (Å²) in [6.07, 6.45) is 0. The number of hydrogen-bond donors (Lipinski definition) is 2. The molecule has 2 aromatic rings. The molecule has 0 radical (unpaired) electrons. The molecule has 1 aromatic heterocycles. The number of nitrogen functional groups attached to an aromatic ring is 1. The van der Waals surface area contributed by atoms with Crippen molar-refractivity contribution >= 4 is 38.9 Å². The summed E-state index contributed by atoms with van der Waals surface area (Å²) in [4.78, 5) is 13.8. The Morgan fingerprint density at radius 3 is 2.45 bits per heavy atom. The van der Waals surface area contributed by atoms with Crippen LogP contribution in [-0.4, -0.2) is 9.91 Å². The quantitative estimate of drug-likeness (QED) is 0.657. The lowest BCUT2D eigenvalue weighted by molar-refractivity contribution is -0.384. The molecule has 0 fully saturated rings. The lowest BCUT2D eigenvalue weighted by Gasteiger charge is -2.09. The number of hydrogen-bond acceptors (Lipinski definition) is 5. The lowest BCUT2D eigenvalue weighted by atomic mass is 10.2. The van der Waals surface area contributed by atoms with Gasteiger partial charge in [-0.3, -0.25) is 10.1 Å². The highest BCUT2D eigenvalue weighted by Gasteiger charge is 2.19. The Kier molecular flexibility index (Phi) is 3.79. The number of nitrogens with two attached hydrogens (primary N) is 1. The van der Waals surface area contributed by atoms with Crippen LogP contribution >= 0.6 is 15.9 Å². The van der Waals surface area contributed by atoms with Crippen LogP contribution in [0.1, 0.15) is 0 Å². The molecule has 6 nitrogen and oxygen atoms in total. The maximum Gasteiger partial charge on any atom is 0.311 e. The summed E-state index contributed by atoms with van der Waals surface area (Å²) in [5.41, 5.74) is 4.42. The third kappa shape index (κ3) is 2.82. The fourth-order valence-corrected chi connectivity index (χ4v) is 1.89. The number of anilines is 3. The topological polar surface area (TPSA) is 94.1 Å². The molecule has 1 aromatic carbocycles. The molecule has 0 aliphatic heterocycles. The molecule has 0 unspecified atom stereocenters. The van der Waals surface area contributed by atoms with Crippen LogP contribution in [0.2, 0.25) is 0 Å². The predicted octanol–water partition coefficient (Wildman–Crippen LogP) is 3.36. The first-order chi connectivity index (χ1) is 9.38. The number of nitro groups is 1. The molecule has 0 saturated heterocycles. The van der Waals surface area contributed by atoms with E-state index in [9.17, 15) is 18.9 Å². The normalized spacial score (nSPS) is 10.3. The Morgan fingerprint density at radius 2 is 1.90 bits per heavy atom. The number of nitrogens with zero attached hydrogens (tertiary/aromatic N) is 2. The van der Waals surface area contributed by atoms with Gasteiger partial charge in [0.2, 0.25) is 5.82 Å². The highest BCUT2D eigenvalue weighted by molar-refractivity contribution is 9.10. The zero-order chi connectivity index (χ0) is 14.9. The van der Waals surface area contributed by atoms with E-state index in [-0.39, 0.29) is 16.1 Å². The van der Waals surface area contributed by atoms with Gasteiger partial charge < -0.3 is 11.1 Å². The van der Waals surface area contributed by atoms with Gasteiger partial charge in [0.1, 0.15) is 11.5 Å². The first-order valence-electron chi connectivity index (χ1n) is 5.21. The van der Waals surface area contributed by atoms with Gasteiger partial charge in [-0.15, -0.1) is 0 Å². The van der Waals surface area contributed by atoms with E-state index in [1.165, 1.54) is 6.07 Å². The van der Waals surface area contributed by atoms with Gasteiger partial charge in [0.15, 0.2) is 11.6 Å². The first kappa shape index (κ1) is 14.1. The SMILES string of the molecule is Nc1ccc([N+](=O)[O-])c(Nc2c(F)cc(Br)cc2F)n1. The van der Waals surface area contributed by atoms with Crippen LogP contribution in [-0.2, 0) is 0 Å². The van der Waals surface area contributed by atoms with E-state index in [4.69, 9.17) is 5.73 Å². The minimum atomic E-state index is -0.921. The van der Waals surface area contributed by atoms with Crippen molar-refractivity contribution in [2.75, 3.05) is 11.1 Å². The molecular weight excluding hydrogens is 338 g/mol. The maximum absolute atomic E-state index is 13.7. The standard InChI is InChI=1S/C11H7BrF2N4O2/c12-5-3-6(13)10(7(14)4-5)17-11-8(18(19)20)1-2-9(15)16-11/h1-4H,(H3,15,16,17). The molecule has 0 amide bonds. The van der Waals surface area contributed by atoms with E-state index in [0.717, 1.165) is 18.2 Å². The molecule has 0 aliphatic carbocycles. The van der Waals surface area contributed by atoms with Gasteiger partial charge in [0.25, 0.3) is 0 Å². The van der Waals surface area contributed by atoms with Crippen molar-refractivity contribution in [2.24, 2.45) is 0 Å². The Bertz CT molecular complexity index is 673. The minimum Gasteiger partial charge on any atom is -0.384 e. The van der Waals surface area contributed by atoms with Crippen LogP contribution in [0.5, 0.6) is 0 Å². The third-order valence-corrected chi connectivity index (χ3v) is 2.80. The van der Waals surface area contributed by atoms with Gasteiger partial charge in [-0.1, -0.05) is 15.9 Å². The fourth-order valence-electron chi connectivity index (χ4n) is 1.49. The Hall–Kier alpha value is -2.29. The molecule has 0 atom stereocenters. The summed E-state index contributed by atoms with van der Waals surface area (Å²) in [6, 6.07) is 4.35. The van der Waals surface area contributed by atoms with Gasteiger partial charge in [0.05, 0.1) is 4.92 Å². The number of nitrogens with one attached hydrogen (secondary N) is 1. The smallest absolute Gasteiger partial charge is 0.311 e. The molecule has 0 bridgehead atoms. The van der Waals surface area contributed by atoms with Crippen molar-refractivity contribution in [3.05, 3.63) is 50.5 Å². The van der Waals surface area contributed by atoms with Crippen LogP contribution in [0.4, 0.5) is 31.8 Å². The zero-order valence-corrected chi connectivity index (χ0v) is 11.3. The second-order valence-corrected chi connectivity index (χ2v) is 4.65. The van der Waals surface area contributed by atoms with E-state index >= 15 is 0 Å². The van der Waals surface area contributed by atoms with Crippen molar-refractivity contribution < 1.29 is 13.7 Å². The molecule has 2 rings (SSSR count). The molecule has 9 heteroatoms. The molecule has 0 aliphatic rings. The number of halogens is 3. The number of benzene rings is 1. The maximum atomic E-state index is 13.7. The van der Waals surface area contributed by atoms with Gasteiger partial charge in [0, 0.05) is 10.5 Å². The average molecular weight is 345 g/mol. The van der Waals surface area contributed by atoms with Gasteiger partial charge in [-0.25, -0.2) is 13.8 Å². The largest absolute Gasteiger partial charge is 0.384 e. The highest BCUT2D eigenvalue weighted by Crippen LogP contribution is 2.30. The highest BCUT2D eigenvalue weighted by atomic mass is 79.9. The molecule has 1 heterocycles. The van der Waals surface area contributed by atoms with E-state index in [1.54, 1.807) is 0 Å². The average Bonchev–Trinajstić information content (AvgIpc) is 2.33. The summed E-state index contributed by atoms with van der Waals surface area (Å²) < 4.78 is 27.5. The molecule has 0 spiro atoms. The number of rotatable bonds is 3. The van der Waals surface area contributed by atoms with Crippen molar-refractivity contribution in [1.82, 2.24) is 4.98 Å². The number of pyridine rings is 1. The van der Waals surface area contributed by atoms with Gasteiger partial charge >= 0.3 is 5.69 Å². The lowest BCUT2D eigenvalue weighted by Crippen LogP contribution is -2.04. The molecule has 104 valence electrons. The van der Waals surface area contributed by atoms with E-state index in [1.807, 2.05) is 0 Å². The number of aromatic nitrogens is 1. The van der Waals surface area contributed by atoms with Crippen LogP contribution in [0.3, 0.4) is 0 Å². The van der Waals surface area contributed by atoms with Crippen molar-refractivity contribution in [3.63, 3.8) is 0 Å². The summed E-state index contributed by atoms with van der Waals surface area (Å²) in [5.74, 6) is -2.20. The van der Waals surface area contributed by atoms with Crippen LogP contribution in [0, 0.1) is 21.7 Å². The van der Waals surface area contributed by atoms with E-state index in [2.05, 4.69) is 26.2 Å². The van der Waals surface area contributed by atoms with Crippen LogP contribution in [0.15, 0.2) is 28.7 Å². The zero-order valence-electron chi connectivity index (χ0n) is 9.73. The summed E-state index contributed by atoms with van der Waals surface area (Å²) in [6.45, 7) is 0. The Labute approximate surface area is 119 Å². The van der Waals surface area contributed by atoms with E-state index < -0.39 is 27.9 Å². The minimum absolute atomic E-state index is 0.0176. The molecular formula is C11H7BrF2N4O2. The first-order valence-corrected chi connectivity index (χ1v) is 6.00.